The first-order valence-electron chi connectivity index (χ1n) is 22.2. The molecule has 0 bridgehead atoms. The zero-order valence-corrected chi connectivity index (χ0v) is 36.4. The van der Waals surface area contributed by atoms with Gasteiger partial charge in [-0.3, -0.25) is 0 Å². The first-order valence-corrected chi connectivity index (χ1v) is 23.0. The predicted molar refractivity (Wildman–Crippen MR) is 274 cm³/mol. The summed E-state index contributed by atoms with van der Waals surface area (Å²) < 4.78 is 17.9. The number of nitrogens with zero attached hydrogens (tertiary/aromatic N) is 2. The maximum atomic E-state index is 6.49. The van der Waals surface area contributed by atoms with Crippen LogP contribution >= 0.6 is 11.3 Å². The van der Waals surface area contributed by atoms with Crippen molar-refractivity contribution in [1.82, 2.24) is 4.57 Å². The number of thiophene rings is 1. The van der Waals surface area contributed by atoms with Crippen molar-refractivity contribution in [3.8, 4) is 22.6 Å². The fraction of sp³-hybridized carbons (Fsp3) is 0.0333. The second-order valence-corrected chi connectivity index (χ2v) is 17.7. The molecule has 5 heteroatoms. The molecule has 0 saturated carbocycles. The number of hydrogen-bond donors (Lipinski definition) is 0. The molecular weight excluding hydrogens is 813 g/mol. The van der Waals surface area contributed by atoms with Crippen LogP contribution in [-0.4, -0.2) is 4.57 Å². The van der Waals surface area contributed by atoms with E-state index in [-0.39, 0.29) is 0 Å². The summed E-state index contributed by atoms with van der Waals surface area (Å²) in [4.78, 5) is 2.42. The van der Waals surface area contributed by atoms with Crippen LogP contribution in [-0.2, 0) is 6.42 Å². The van der Waals surface area contributed by atoms with Crippen LogP contribution in [0.25, 0.3) is 86.3 Å². The summed E-state index contributed by atoms with van der Waals surface area (Å²) in [5, 5.41) is 7.31. The monoisotopic (exact) mass is 852 g/mol. The summed E-state index contributed by atoms with van der Waals surface area (Å²) in [5.74, 6) is 1.91. The van der Waals surface area contributed by atoms with Gasteiger partial charge in [0.05, 0.1) is 21.4 Å². The van der Waals surface area contributed by atoms with E-state index in [1.165, 1.54) is 47.5 Å². The standard InChI is InChI=1S/C60H40N2O2S/c1-2-14-44(56-37-40-15-6-10-25-54(40)63-56)38-27-31-42(32-28-38)61(43-33-29-39(30-34-43)45-20-12-21-47-46-18-8-11-26-55(46)64-58(45)47)53-24-13-22-48-49-35-36-52-57(60(49)65-59(48)53)50-19-7-9-23-51(50)62(52)41-16-4-3-5-17-41/h2-36H,37H2,1H3/b14-2-,56-44-. The summed E-state index contributed by atoms with van der Waals surface area (Å²) in [6.07, 6.45) is 5.03. The van der Waals surface area contributed by atoms with E-state index in [2.05, 4.69) is 211 Å². The molecule has 1 aliphatic rings. The minimum Gasteiger partial charge on any atom is -0.460 e. The molecule has 0 atom stereocenters. The van der Waals surface area contributed by atoms with Gasteiger partial charge in [-0.1, -0.05) is 146 Å². The minimum absolute atomic E-state index is 0.767. The number of anilines is 3. The summed E-state index contributed by atoms with van der Waals surface area (Å²) in [7, 11) is 0. The van der Waals surface area contributed by atoms with Gasteiger partial charge in [-0.15, -0.1) is 11.3 Å². The zero-order chi connectivity index (χ0) is 43.0. The van der Waals surface area contributed by atoms with Gasteiger partial charge < -0.3 is 18.6 Å². The molecule has 0 unspecified atom stereocenters. The predicted octanol–water partition coefficient (Wildman–Crippen LogP) is 17.1. The van der Waals surface area contributed by atoms with E-state index in [4.69, 9.17) is 9.15 Å². The number of allylic oxidation sites excluding steroid dienone is 4. The van der Waals surface area contributed by atoms with Crippen molar-refractivity contribution in [2.75, 3.05) is 4.90 Å². The summed E-state index contributed by atoms with van der Waals surface area (Å²) in [6.45, 7) is 2.07. The van der Waals surface area contributed by atoms with Gasteiger partial charge in [0.2, 0.25) is 0 Å². The maximum Gasteiger partial charge on any atom is 0.143 e. The highest BCUT2D eigenvalue weighted by molar-refractivity contribution is 7.27. The molecule has 0 spiro atoms. The van der Waals surface area contributed by atoms with E-state index >= 15 is 0 Å². The van der Waals surface area contributed by atoms with Gasteiger partial charge in [-0.05, 0) is 84.8 Å². The fourth-order valence-corrected chi connectivity index (χ4v) is 11.4. The number of fused-ring (bicyclic) bond motifs is 11. The number of para-hydroxylation sites is 5. The van der Waals surface area contributed by atoms with Crippen molar-refractivity contribution in [3.63, 3.8) is 0 Å². The van der Waals surface area contributed by atoms with Gasteiger partial charge in [0, 0.05) is 77.2 Å². The van der Waals surface area contributed by atoms with E-state index < -0.39 is 0 Å². The highest BCUT2D eigenvalue weighted by Gasteiger charge is 2.24. The molecule has 0 amide bonds. The lowest BCUT2D eigenvalue weighted by Gasteiger charge is -2.26. The molecule has 0 saturated heterocycles. The third-order valence-corrected chi connectivity index (χ3v) is 14.3. The van der Waals surface area contributed by atoms with Crippen LogP contribution in [0.15, 0.2) is 223 Å². The average Bonchev–Trinajstić information content (AvgIpc) is 4.15. The molecule has 308 valence electrons. The molecule has 12 aromatic rings. The Morgan fingerprint density at radius 1 is 0.569 bits per heavy atom. The SMILES string of the molecule is C/C=C\C(=C1/Cc2ccccc2O1)c1ccc(N(c2ccc(-c3cccc4c3oc3ccccc34)cc2)c2cccc3c2sc2c3ccc3c2c2ccccc2n3-c2ccccc2)cc1. The first-order chi connectivity index (χ1) is 32.2. The van der Waals surface area contributed by atoms with Crippen molar-refractivity contribution >= 4 is 97.9 Å². The van der Waals surface area contributed by atoms with Crippen LogP contribution in [0.5, 0.6) is 5.75 Å². The molecule has 1 aliphatic heterocycles. The van der Waals surface area contributed by atoms with Crippen molar-refractivity contribution in [2.24, 2.45) is 0 Å². The number of hydrogen-bond acceptors (Lipinski definition) is 4. The largest absolute Gasteiger partial charge is 0.460 e. The molecule has 0 radical (unpaired) electrons. The Balaban J connectivity index is 0.990. The third-order valence-electron chi connectivity index (χ3n) is 13.0. The second kappa shape index (κ2) is 15.0. The molecule has 65 heavy (non-hydrogen) atoms. The molecule has 0 N–H and O–H groups in total. The maximum absolute atomic E-state index is 6.49. The van der Waals surface area contributed by atoms with Crippen LogP contribution in [0.1, 0.15) is 18.1 Å². The average molecular weight is 853 g/mol. The van der Waals surface area contributed by atoms with Gasteiger partial charge in [-0.2, -0.15) is 0 Å². The molecule has 0 fully saturated rings. The Morgan fingerprint density at radius 3 is 2.09 bits per heavy atom. The van der Waals surface area contributed by atoms with E-state index in [1.54, 1.807) is 0 Å². The van der Waals surface area contributed by atoms with Crippen LogP contribution in [0.2, 0.25) is 0 Å². The van der Waals surface area contributed by atoms with Gasteiger partial charge in [0.15, 0.2) is 0 Å². The number of ether oxygens (including phenoxy) is 1. The van der Waals surface area contributed by atoms with Crippen LogP contribution in [0, 0.1) is 0 Å². The highest BCUT2D eigenvalue weighted by atomic mass is 32.1. The van der Waals surface area contributed by atoms with Gasteiger partial charge in [0.25, 0.3) is 0 Å². The number of aromatic nitrogens is 1. The van der Waals surface area contributed by atoms with Crippen molar-refractivity contribution in [1.29, 1.82) is 0 Å². The Bertz CT molecular complexity index is 3860. The van der Waals surface area contributed by atoms with E-state index in [9.17, 15) is 0 Å². The number of furan rings is 1. The normalized spacial score (nSPS) is 13.5. The van der Waals surface area contributed by atoms with Gasteiger partial charge >= 0.3 is 0 Å². The second-order valence-electron chi connectivity index (χ2n) is 16.7. The lowest BCUT2D eigenvalue weighted by Crippen LogP contribution is -2.10. The van der Waals surface area contributed by atoms with Crippen molar-refractivity contribution in [3.05, 3.63) is 229 Å². The summed E-state index contributed by atoms with van der Waals surface area (Å²) >= 11 is 1.89. The summed E-state index contributed by atoms with van der Waals surface area (Å²) in [6, 6.07) is 71.9. The molecule has 4 heterocycles. The third kappa shape index (κ3) is 5.97. The summed E-state index contributed by atoms with van der Waals surface area (Å²) in [5.41, 5.74) is 14.2. The molecule has 3 aromatic heterocycles. The quantitative estimate of drug-likeness (QED) is 0.160. The van der Waals surface area contributed by atoms with E-state index in [0.717, 1.165) is 84.9 Å². The first kappa shape index (κ1) is 37.4. The fourth-order valence-electron chi connectivity index (χ4n) is 10.1. The zero-order valence-electron chi connectivity index (χ0n) is 35.5. The Kier molecular flexibility index (Phi) is 8.65. The Morgan fingerprint density at radius 2 is 1.26 bits per heavy atom. The number of benzene rings is 9. The Labute approximate surface area is 379 Å². The lowest BCUT2D eigenvalue weighted by molar-refractivity contribution is 0.449. The topological polar surface area (TPSA) is 30.5 Å². The van der Waals surface area contributed by atoms with E-state index in [1.807, 2.05) is 29.5 Å². The van der Waals surface area contributed by atoms with Gasteiger partial charge in [0.1, 0.15) is 22.7 Å². The molecule has 13 rings (SSSR count). The van der Waals surface area contributed by atoms with Crippen LogP contribution in [0.4, 0.5) is 17.1 Å². The molecule has 4 nitrogen and oxygen atoms in total. The number of rotatable bonds is 7. The molecular formula is C60H40N2O2S. The highest BCUT2D eigenvalue weighted by Crippen LogP contribution is 2.49. The molecule has 0 aliphatic carbocycles. The van der Waals surface area contributed by atoms with Gasteiger partial charge in [-0.25, -0.2) is 0 Å². The van der Waals surface area contributed by atoms with E-state index in [0.29, 0.717) is 0 Å². The van der Waals surface area contributed by atoms with Crippen LogP contribution in [0.3, 0.4) is 0 Å². The minimum atomic E-state index is 0.767. The van der Waals surface area contributed by atoms with Crippen molar-refractivity contribution in [2.45, 2.75) is 13.3 Å². The van der Waals surface area contributed by atoms with Crippen LogP contribution < -0.4 is 9.64 Å². The smallest absolute Gasteiger partial charge is 0.143 e. The Hall–Kier alpha value is -8.12. The lowest BCUT2D eigenvalue weighted by atomic mass is 10.00. The molecule has 9 aromatic carbocycles. The van der Waals surface area contributed by atoms with Crippen molar-refractivity contribution < 1.29 is 9.15 Å².